The predicted molar refractivity (Wildman–Crippen MR) is 55.0 cm³/mol. The molecule has 4 heteroatoms. The van der Waals surface area contributed by atoms with Crippen molar-refractivity contribution in [3.63, 3.8) is 0 Å². The van der Waals surface area contributed by atoms with Crippen LogP contribution in [0, 0.1) is 5.41 Å². The van der Waals surface area contributed by atoms with Crippen LogP contribution in [0.3, 0.4) is 0 Å². The van der Waals surface area contributed by atoms with E-state index in [1.54, 1.807) is 16.8 Å². The number of hydrogen-bond donors (Lipinski definition) is 1. The van der Waals surface area contributed by atoms with Gasteiger partial charge in [0.15, 0.2) is 0 Å². The van der Waals surface area contributed by atoms with Gasteiger partial charge in [0.2, 0.25) is 5.13 Å². The van der Waals surface area contributed by atoms with Crippen molar-refractivity contribution in [1.82, 2.24) is 10.2 Å². The molecule has 1 aromatic heterocycles. The van der Waals surface area contributed by atoms with Crippen LogP contribution in [0.25, 0.3) is 0 Å². The van der Waals surface area contributed by atoms with E-state index in [1.807, 2.05) is 0 Å². The lowest BCUT2D eigenvalue weighted by atomic mass is 9.87. The Labute approximate surface area is 82.6 Å². The first-order valence-electron chi connectivity index (χ1n) is 4.71. The Hall–Kier alpha value is -0.640. The summed E-state index contributed by atoms with van der Waals surface area (Å²) in [7, 11) is 0. The third kappa shape index (κ3) is 1.82. The Morgan fingerprint density at radius 1 is 1.62 bits per heavy atom. The Morgan fingerprint density at radius 3 is 3.00 bits per heavy atom. The molecule has 1 unspecified atom stereocenters. The van der Waals surface area contributed by atoms with Gasteiger partial charge in [-0.05, 0) is 18.3 Å². The quantitative estimate of drug-likeness (QED) is 0.791. The maximum atomic E-state index is 4.00. The molecule has 2 rings (SSSR count). The zero-order chi connectivity index (χ0) is 9.31. The molecule has 1 N–H and O–H groups in total. The van der Waals surface area contributed by atoms with Crippen LogP contribution < -0.4 is 5.32 Å². The molecule has 1 aliphatic carbocycles. The van der Waals surface area contributed by atoms with Crippen LogP contribution in [0.5, 0.6) is 0 Å². The average molecular weight is 197 g/mol. The van der Waals surface area contributed by atoms with E-state index in [9.17, 15) is 0 Å². The molecule has 0 radical (unpaired) electrons. The summed E-state index contributed by atoms with van der Waals surface area (Å²) in [5.41, 5.74) is 2.18. The third-order valence-corrected chi connectivity index (χ3v) is 3.54. The normalized spacial score (nSPS) is 26.2. The van der Waals surface area contributed by atoms with Crippen molar-refractivity contribution in [2.24, 2.45) is 5.41 Å². The fourth-order valence-electron chi connectivity index (χ4n) is 1.98. The summed E-state index contributed by atoms with van der Waals surface area (Å²) in [6, 6.07) is 0.570. The third-order valence-electron chi connectivity index (χ3n) is 2.91. The maximum Gasteiger partial charge on any atom is 0.205 e. The van der Waals surface area contributed by atoms with Gasteiger partial charge in [0.05, 0.1) is 0 Å². The summed E-state index contributed by atoms with van der Waals surface area (Å²) in [5.74, 6) is 0. The summed E-state index contributed by atoms with van der Waals surface area (Å²) in [6.45, 7) is 4.64. The largest absolute Gasteiger partial charge is 0.357 e. The van der Waals surface area contributed by atoms with Crippen molar-refractivity contribution in [2.75, 3.05) is 5.32 Å². The Morgan fingerprint density at radius 2 is 2.46 bits per heavy atom. The minimum Gasteiger partial charge on any atom is -0.357 e. The first-order valence-corrected chi connectivity index (χ1v) is 5.59. The fourth-order valence-corrected chi connectivity index (χ4v) is 2.48. The Balaban J connectivity index is 2.02. The topological polar surface area (TPSA) is 37.8 Å². The summed E-state index contributed by atoms with van der Waals surface area (Å²) in [5, 5.41) is 12.2. The highest BCUT2D eigenvalue weighted by Gasteiger charge is 2.34. The van der Waals surface area contributed by atoms with Crippen LogP contribution in [-0.4, -0.2) is 16.2 Å². The van der Waals surface area contributed by atoms with E-state index in [-0.39, 0.29) is 0 Å². The van der Waals surface area contributed by atoms with Gasteiger partial charge < -0.3 is 5.32 Å². The summed E-state index contributed by atoms with van der Waals surface area (Å²) >= 11 is 1.58. The molecule has 0 spiro atoms. The Bertz CT molecular complexity index is 268. The second-order valence-corrected chi connectivity index (χ2v) is 5.15. The smallest absolute Gasteiger partial charge is 0.205 e. The Kier molecular flexibility index (Phi) is 2.24. The monoisotopic (exact) mass is 197 g/mol. The highest BCUT2D eigenvalue weighted by atomic mass is 32.1. The van der Waals surface area contributed by atoms with E-state index < -0.39 is 0 Å². The number of nitrogens with zero attached hydrogens (tertiary/aromatic N) is 2. The van der Waals surface area contributed by atoms with Gasteiger partial charge >= 0.3 is 0 Å². The highest BCUT2D eigenvalue weighted by Crippen LogP contribution is 2.38. The van der Waals surface area contributed by atoms with Crippen molar-refractivity contribution < 1.29 is 0 Å². The van der Waals surface area contributed by atoms with Crippen LogP contribution in [0.1, 0.15) is 33.1 Å². The molecule has 1 aliphatic rings. The number of nitrogens with one attached hydrogen (secondary N) is 1. The summed E-state index contributed by atoms with van der Waals surface area (Å²) in [6.07, 6.45) is 3.89. The molecular formula is C9H15N3S. The molecule has 72 valence electrons. The first kappa shape index (κ1) is 8.94. The molecule has 0 aliphatic heterocycles. The van der Waals surface area contributed by atoms with Crippen molar-refractivity contribution >= 4 is 16.5 Å². The molecule has 0 bridgehead atoms. The van der Waals surface area contributed by atoms with Crippen molar-refractivity contribution in [3.8, 4) is 0 Å². The summed E-state index contributed by atoms with van der Waals surface area (Å²) < 4.78 is 0. The molecule has 1 aromatic rings. The fraction of sp³-hybridized carbons (Fsp3) is 0.778. The van der Waals surface area contributed by atoms with Crippen LogP contribution in [-0.2, 0) is 0 Å². The second-order valence-electron chi connectivity index (χ2n) is 4.32. The lowest BCUT2D eigenvalue weighted by Crippen LogP contribution is -2.30. The molecule has 1 fully saturated rings. The van der Waals surface area contributed by atoms with Crippen molar-refractivity contribution in [2.45, 2.75) is 39.2 Å². The lowest BCUT2D eigenvalue weighted by Gasteiger charge is -2.27. The zero-order valence-electron chi connectivity index (χ0n) is 8.08. The predicted octanol–water partition coefficient (Wildman–Crippen LogP) is 2.53. The van der Waals surface area contributed by atoms with Gasteiger partial charge in [0.1, 0.15) is 5.51 Å². The van der Waals surface area contributed by atoms with E-state index in [0.29, 0.717) is 11.5 Å². The lowest BCUT2D eigenvalue weighted by molar-refractivity contribution is 0.350. The first-order chi connectivity index (χ1) is 6.18. The van der Waals surface area contributed by atoms with Gasteiger partial charge in [0, 0.05) is 6.04 Å². The van der Waals surface area contributed by atoms with Crippen LogP contribution >= 0.6 is 11.3 Å². The molecule has 0 saturated heterocycles. The molecule has 0 amide bonds. The van der Waals surface area contributed by atoms with E-state index in [1.165, 1.54) is 19.3 Å². The number of aromatic nitrogens is 2. The van der Waals surface area contributed by atoms with Gasteiger partial charge in [0.25, 0.3) is 0 Å². The second kappa shape index (κ2) is 3.25. The van der Waals surface area contributed by atoms with Crippen LogP contribution in [0.4, 0.5) is 5.13 Å². The SMILES string of the molecule is CC1(C)CCCC1Nc1nncs1. The van der Waals surface area contributed by atoms with Gasteiger partial charge in [-0.1, -0.05) is 31.6 Å². The molecule has 1 heterocycles. The van der Waals surface area contributed by atoms with E-state index >= 15 is 0 Å². The van der Waals surface area contributed by atoms with Crippen molar-refractivity contribution in [3.05, 3.63) is 5.51 Å². The van der Waals surface area contributed by atoms with Gasteiger partial charge in [-0.2, -0.15) is 0 Å². The van der Waals surface area contributed by atoms with Gasteiger partial charge in [-0.15, -0.1) is 10.2 Å². The molecule has 3 nitrogen and oxygen atoms in total. The van der Waals surface area contributed by atoms with Crippen molar-refractivity contribution in [1.29, 1.82) is 0 Å². The minimum atomic E-state index is 0.408. The summed E-state index contributed by atoms with van der Waals surface area (Å²) in [4.78, 5) is 0. The van der Waals surface area contributed by atoms with E-state index in [4.69, 9.17) is 0 Å². The molecule has 13 heavy (non-hydrogen) atoms. The number of anilines is 1. The molecular weight excluding hydrogens is 182 g/mol. The highest BCUT2D eigenvalue weighted by molar-refractivity contribution is 7.13. The molecule has 1 atom stereocenters. The molecule has 0 aromatic carbocycles. The number of rotatable bonds is 2. The standard InChI is InChI=1S/C9H15N3S/c1-9(2)5-3-4-7(9)11-8-12-10-6-13-8/h6-7H,3-5H2,1-2H3,(H,11,12). The van der Waals surface area contributed by atoms with Crippen LogP contribution in [0.15, 0.2) is 5.51 Å². The zero-order valence-corrected chi connectivity index (χ0v) is 8.90. The van der Waals surface area contributed by atoms with Crippen LogP contribution in [0.2, 0.25) is 0 Å². The minimum absolute atomic E-state index is 0.408. The van der Waals surface area contributed by atoms with Gasteiger partial charge in [-0.3, -0.25) is 0 Å². The van der Waals surface area contributed by atoms with Gasteiger partial charge in [-0.25, -0.2) is 0 Å². The van der Waals surface area contributed by atoms with E-state index in [0.717, 1.165) is 5.13 Å². The van der Waals surface area contributed by atoms with E-state index in [2.05, 4.69) is 29.4 Å². The molecule has 1 saturated carbocycles. The average Bonchev–Trinajstić information content (AvgIpc) is 2.63. The number of hydrogen-bond acceptors (Lipinski definition) is 4. The maximum absolute atomic E-state index is 4.00.